The van der Waals surface area contributed by atoms with Gasteiger partial charge in [0, 0.05) is 15.6 Å². The molecule has 2 rings (SSSR count). The van der Waals surface area contributed by atoms with Crippen LogP contribution in [0.25, 0.3) is 0 Å². The molecule has 6 heteroatoms. The summed E-state index contributed by atoms with van der Waals surface area (Å²) in [6.45, 7) is 6.49. The van der Waals surface area contributed by atoms with Gasteiger partial charge in [0.25, 0.3) is 0 Å². The molecule has 0 amide bonds. The van der Waals surface area contributed by atoms with Gasteiger partial charge in [-0.05, 0) is 24.6 Å². The fourth-order valence-electron chi connectivity index (χ4n) is 1.86. The minimum Gasteiger partial charge on any atom is -0.310 e. The van der Waals surface area contributed by atoms with Gasteiger partial charge >= 0.3 is 0 Å². The number of rotatable bonds is 6. The maximum atomic E-state index is 6.18. The van der Waals surface area contributed by atoms with Crippen LogP contribution in [0.15, 0.2) is 24.5 Å². The van der Waals surface area contributed by atoms with E-state index in [0.717, 1.165) is 17.9 Å². The molecule has 0 aliphatic carbocycles. The van der Waals surface area contributed by atoms with Crippen molar-refractivity contribution in [3.8, 4) is 0 Å². The summed E-state index contributed by atoms with van der Waals surface area (Å²) in [5.74, 6) is 1.48. The highest BCUT2D eigenvalue weighted by atomic mass is 35.5. The highest BCUT2D eigenvalue weighted by Gasteiger charge is 2.10. The maximum Gasteiger partial charge on any atom is 0.141 e. The zero-order valence-electron chi connectivity index (χ0n) is 11.6. The second-order valence-electron chi connectivity index (χ2n) is 5.06. The number of nitrogens with zero attached hydrogens (tertiary/aromatic N) is 3. The average Bonchev–Trinajstić information content (AvgIpc) is 2.81. The van der Waals surface area contributed by atoms with Gasteiger partial charge < -0.3 is 5.32 Å². The lowest BCUT2D eigenvalue weighted by Gasteiger charge is -2.11. The second kappa shape index (κ2) is 7.07. The first-order chi connectivity index (χ1) is 9.58. The molecule has 1 N–H and O–H groups in total. The summed E-state index contributed by atoms with van der Waals surface area (Å²) in [6.07, 6.45) is 1.55. The van der Waals surface area contributed by atoms with E-state index in [0.29, 0.717) is 29.1 Å². The van der Waals surface area contributed by atoms with Crippen LogP contribution in [0, 0.1) is 5.92 Å². The van der Waals surface area contributed by atoms with Crippen molar-refractivity contribution >= 4 is 23.2 Å². The Balaban J connectivity index is 2.09. The van der Waals surface area contributed by atoms with Crippen LogP contribution in [-0.2, 0) is 13.1 Å². The lowest BCUT2D eigenvalue weighted by Crippen LogP contribution is -2.22. The second-order valence-corrected chi connectivity index (χ2v) is 5.87. The third-order valence-electron chi connectivity index (χ3n) is 2.90. The molecule has 0 aliphatic heterocycles. The molecule has 108 valence electrons. The fourth-order valence-corrected chi connectivity index (χ4v) is 2.38. The van der Waals surface area contributed by atoms with Crippen molar-refractivity contribution < 1.29 is 0 Å². The molecule has 0 radical (unpaired) electrons. The first-order valence-electron chi connectivity index (χ1n) is 6.58. The van der Waals surface area contributed by atoms with Crippen LogP contribution in [0.3, 0.4) is 0 Å². The van der Waals surface area contributed by atoms with E-state index in [4.69, 9.17) is 23.2 Å². The number of hydrogen-bond acceptors (Lipinski definition) is 3. The summed E-state index contributed by atoms with van der Waals surface area (Å²) in [5, 5.41) is 8.89. The minimum absolute atomic E-state index is 0.525. The highest BCUT2D eigenvalue weighted by molar-refractivity contribution is 6.35. The van der Waals surface area contributed by atoms with E-state index in [1.165, 1.54) is 0 Å². The number of nitrogens with one attached hydrogen (secondary N) is 1. The molecule has 0 aliphatic rings. The lowest BCUT2D eigenvalue weighted by molar-refractivity contribution is 0.523. The average molecular weight is 313 g/mol. The predicted molar refractivity (Wildman–Crippen MR) is 82.1 cm³/mol. The van der Waals surface area contributed by atoms with Gasteiger partial charge in [0.05, 0.1) is 13.1 Å². The number of benzene rings is 1. The van der Waals surface area contributed by atoms with Crippen molar-refractivity contribution in [1.29, 1.82) is 0 Å². The first-order valence-corrected chi connectivity index (χ1v) is 7.33. The third kappa shape index (κ3) is 3.95. The van der Waals surface area contributed by atoms with Gasteiger partial charge in [0.2, 0.25) is 0 Å². The predicted octanol–water partition coefficient (Wildman–Crippen LogP) is 3.38. The lowest BCUT2D eigenvalue weighted by atomic mass is 10.2. The Hall–Kier alpha value is -1.10. The Morgan fingerprint density at radius 2 is 1.95 bits per heavy atom. The van der Waals surface area contributed by atoms with Gasteiger partial charge in [-0.25, -0.2) is 9.67 Å². The van der Waals surface area contributed by atoms with Crippen LogP contribution in [0.5, 0.6) is 0 Å². The van der Waals surface area contributed by atoms with Crippen LogP contribution in [0.2, 0.25) is 10.0 Å². The van der Waals surface area contributed by atoms with Crippen molar-refractivity contribution in [2.75, 3.05) is 6.54 Å². The van der Waals surface area contributed by atoms with Crippen LogP contribution in [0.4, 0.5) is 0 Å². The molecule has 2 aromatic rings. The number of halogens is 2. The summed E-state index contributed by atoms with van der Waals surface area (Å²) < 4.78 is 1.82. The summed E-state index contributed by atoms with van der Waals surface area (Å²) in [7, 11) is 0. The van der Waals surface area contributed by atoms with Crippen molar-refractivity contribution in [3.63, 3.8) is 0 Å². The molecule has 0 saturated heterocycles. The monoisotopic (exact) mass is 312 g/mol. The standard InChI is InChI=1S/C14H18Cl2N4/c1-10(2)6-17-7-14-18-9-19-20(14)8-11-12(15)4-3-5-13(11)16/h3-5,9-10,17H,6-8H2,1-2H3. The quantitative estimate of drug-likeness (QED) is 0.889. The molecular weight excluding hydrogens is 295 g/mol. The van der Waals surface area contributed by atoms with Gasteiger partial charge in [0.15, 0.2) is 0 Å². The minimum atomic E-state index is 0.525. The zero-order chi connectivity index (χ0) is 14.5. The molecule has 1 aromatic carbocycles. The van der Waals surface area contributed by atoms with Gasteiger partial charge in [-0.1, -0.05) is 43.1 Å². The molecule has 0 unspecified atom stereocenters. The van der Waals surface area contributed by atoms with E-state index in [1.807, 2.05) is 22.9 Å². The molecule has 1 heterocycles. The molecule has 0 saturated carbocycles. The summed E-state index contributed by atoms with van der Waals surface area (Å²) in [5.41, 5.74) is 0.867. The molecule has 0 bridgehead atoms. The molecule has 0 fully saturated rings. The molecule has 4 nitrogen and oxygen atoms in total. The van der Waals surface area contributed by atoms with Crippen molar-refractivity contribution in [3.05, 3.63) is 46.0 Å². The largest absolute Gasteiger partial charge is 0.310 e. The van der Waals surface area contributed by atoms with E-state index < -0.39 is 0 Å². The van der Waals surface area contributed by atoms with E-state index in [2.05, 4.69) is 29.2 Å². The first kappa shape index (κ1) is 15.3. The number of aromatic nitrogens is 3. The Bertz CT molecular complexity index is 546. The number of hydrogen-bond donors (Lipinski definition) is 1. The van der Waals surface area contributed by atoms with E-state index in [9.17, 15) is 0 Å². The van der Waals surface area contributed by atoms with Crippen LogP contribution >= 0.6 is 23.2 Å². The van der Waals surface area contributed by atoms with E-state index >= 15 is 0 Å². The molecule has 0 spiro atoms. The van der Waals surface area contributed by atoms with Crippen molar-refractivity contribution in [2.24, 2.45) is 5.92 Å². The Morgan fingerprint density at radius 1 is 1.25 bits per heavy atom. The van der Waals surface area contributed by atoms with Crippen LogP contribution < -0.4 is 5.32 Å². The van der Waals surface area contributed by atoms with Gasteiger partial charge in [-0.3, -0.25) is 0 Å². The molecule has 1 aromatic heterocycles. The summed E-state index contributed by atoms with van der Waals surface area (Å²) >= 11 is 12.4. The Labute approximate surface area is 129 Å². The van der Waals surface area contributed by atoms with Gasteiger partial charge in [-0.2, -0.15) is 5.10 Å². The fraction of sp³-hybridized carbons (Fsp3) is 0.429. The van der Waals surface area contributed by atoms with Crippen LogP contribution in [-0.4, -0.2) is 21.3 Å². The Kier molecular flexibility index (Phi) is 5.40. The Morgan fingerprint density at radius 3 is 2.60 bits per heavy atom. The maximum absolute atomic E-state index is 6.18. The molecule has 20 heavy (non-hydrogen) atoms. The van der Waals surface area contributed by atoms with Gasteiger partial charge in [0.1, 0.15) is 12.2 Å². The third-order valence-corrected chi connectivity index (χ3v) is 3.61. The van der Waals surface area contributed by atoms with Crippen LogP contribution in [0.1, 0.15) is 25.2 Å². The summed E-state index contributed by atoms with van der Waals surface area (Å²) in [4.78, 5) is 4.27. The van der Waals surface area contributed by atoms with Gasteiger partial charge in [-0.15, -0.1) is 0 Å². The topological polar surface area (TPSA) is 42.7 Å². The molecule has 0 atom stereocenters. The smallest absolute Gasteiger partial charge is 0.141 e. The summed E-state index contributed by atoms with van der Waals surface area (Å²) in [6, 6.07) is 5.49. The molecular formula is C14H18Cl2N4. The zero-order valence-corrected chi connectivity index (χ0v) is 13.1. The van der Waals surface area contributed by atoms with E-state index in [1.54, 1.807) is 6.33 Å². The highest BCUT2D eigenvalue weighted by Crippen LogP contribution is 2.25. The SMILES string of the molecule is CC(C)CNCc1ncnn1Cc1c(Cl)cccc1Cl. The van der Waals surface area contributed by atoms with Crippen molar-refractivity contribution in [1.82, 2.24) is 20.1 Å². The van der Waals surface area contributed by atoms with E-state index in [-0.39, 0.29) is 0 Å². The van der Waals surface area contributed by atoms with Crippen molar-refractivity contribution in [2.45, 2.75) is 26.9 Å². The normalized spacial score (nSPS) is 11.2.